The molecule has 0 aliphatic rings. The van der Waals surface area contributed by atoms with Gasteiger partial charge in [-0.15, -0.1) is 0 Å². The normalized spacial score (nSPS) is 13.9. The summed E-state index contributed by atoms with van der Waals surface area (Å²) in [5, 5.41) is 5.55. The molecule has 0 unspecified atom stereocenters. The van der Waals surface area contributed by atoms with Crippen LogP contribution in [0.25, 0.3) is 0 Å². The lowest BCUT2D eigenvalue weighted by molar-refractivity contribution is -0.150. The number of benzene rings is 1. The molecule has 1 rings (SSSR count). The van der Waals surface area contributed by atoms with E-state index < -0.39 is 47.6 Å². The molecule has 9 nitrogen and oxygen atoms in total. The van der Waals surface area contributed by atoms with Gasteiger partial charge in [0.1, 0.15) is 30.3 Å². The van der Waals surface area contributed by atoms with Gasteiger partial charge in [0.05, 0.1) is 0 Å². The SMILES string of the molecule is CC(C)C[C@H](NC(=O)[C@@H](CC(C)C)N(C)C(=O)[C@@H](CC(C)C)NC(=O)OC(C)(C)C)C(=O)OCc1ccccc1. The zero-order valence-corrected chi connectivity index (χ0v) is 26.1. The summed E-state index contributed by atoms with van der Waals surface area (Å²) in [5.74, 6) is -1.05. The third-order valence-corrected chi connectivity index (χ3v) is 6.04. The van der Waals surface area contributed by atoms with Crippen molar-refractivity contribution in [2.24, 2.45) is 17.8 Å². The number of rotatable bonds is 14. The summed E-state index contributed by atoms with van der Waals surface area (Å²) in [6.07, 6.45) is 0.451. The second kappa shape index (κ2) is 16.2. The maximum Gasteiger partial charge on any atom is 0.408 e. The van der Waals surface area contributed by atoms with E-state index in [0.717, 1.165) is 5.56 Å². The highest BCUT2D eigenvalue weighted by atomic mass is 16.6. The van der Waals surface area contributed by atoms with Crippen LogP contribution in [0.1, 0.15) is 87.1 Å². The highest BCUT2D eigenvalue weighted by Crippen LogP contribution is 2.17. The van der Waals surface area contributed by atoms with Crippen molar-refractivity contribution in [2.45, 2.75) is 112 Å². The van der Waals surface area contributed by atoms with Gasteiger partial charge in [-0.3, -0.25) is 9.59 Å². The van der Waals surface area contributed by atoms with E-state index in [0.29, 0.717) is 19.3 Å². The minimum Gasteiger partial charge on any atom is -0.459 e. The smallest absolute Gasteiger partial charge is 0.408 e. The first-order valence-electron chi connectivity index (χ1n) is 14.3. The molecule has 0 bridgehead atoms. The maximum atomic E-state index is 13.6. The summed E-state index contributed by atoms with van der Waals surface area (Å²) in [6, 6.07) is 6.76. The fourth-order valence-electron chi connectivity index (χ4n) is 4.21. The van der Waals surface area contributed by atoms with E-state index in [1.807, 2.05) is 71.9 Å². The van der Waals surface area contributed by atoms with Crippen molar-refractivity contribution in [2.75, 3.05) is 7.05 Å². The van der Waals surface area contributed by atoms with E-state index in [-0.39, 0.29) is 24.4 Å². The van der Waals surface area contributed by atoms with Crippen molar-refractivity contribution in [3.63, 3.8) is 0 Å². The third-order valence-electron chi connectivity index (χ3n) is 6.04. The van der Waals surface area contributed by atoms with E-state index in [9.17, 15) is 19.2 Å². The molecule has 3 atom stereocenters. The molecule has 0 saturated carbocycles. The van der Waals surface area contributed by atoms with Gasteiger partial charge in [0, 0.05) is 7.05 Å². The maximum absolute atomic E-state index is 13.6. The number of likely N-dealkylation sites (N-methyl/N-ethyl adjacent to an activating group) is 1. The molecule has 0 aliphatic heterocycles. The van der Waals surface area contributed by atoms with E-state index in [2.05, 4.69) is 10.6 Å². The molecular weight excluding hydrogens is 510 g/mol. The number of nitrogens with one attached hydrogen (secondary N) is 2. The first-order chi connectivity index (χ1) is 18.5. The molecule has 226 valence electrons. The lowest BCUT2D eigenvalue weighted by Crippen LogP contribution is -2.57. The number of carbonyl (C=O) groups is 4. The third kappa shape index (κ3) is 13.3. The summed E-state index contributed by atoms with van der Waals surface area (Å²) in [6.45, 7) is 17.1. The number of carbonyl (C=O) groups excluding carboxylic acids is 4. The zero-order chi connectivity index (χ0) is 30.6. The number of alkyl carbamates (subject to hydrolysis) is 1. The Hall–Kier alpha value is -3.10. The van der Waals surface area contributed by atoms with Crippen molar-refractivity contribution in [3.05, 3.63) is 35.9 Å². The van der Waals surface area contributed by atoms with Crippen LogP contribution in [0, 0.1) is 17.8 Å². The quantitative estimate of drug-likeness (QED) is 0.307. The first kappa shape index (κ1) is 34.9. The standard InChI is InChI=1S/C31H51N3O6/c1-20(2)16-24(33-30(38)40-31(7,8)9)28(36)34(10)26(18-22(5)6)27(35)32-25(17-21(3)4)29(37)39-19-23-14-12-11-13-15-23/h11-15,20-22,24-26H,16-19H2,1-10H3,(H,32,35)(H,33,38)/t24-,25+,26-/m1/s1. The molecule has 0 fully saturated rings. The largest absolute Gasteiger partial charge is 0.459 e. The molecule has 3 amide bonds. The number of hydrogen-bond donors (Lipinski definition) is 2. The van der Waals surface area contributed by atoms with Crippen molar-refractivity contribution in [3.8, 4) is 0 Å². The van der Waals surface area contributed by atoms with Crippen LogP contribution in [0.5, 0.6) is 0 Å². The second-order valence-electron chi connectivity index (χ2n) is 12.7. The lowest BCUT2D eigenvalue weighted by Gasteiger charge is -2.33. The van der Waals surface area contributed by atoms with Gasteiger partial charge in [-0.25, -0.2) is 9.59 Å². The van der Waals surface area contributed by atoms with Crippen LogP contribution in [0.15, 0.2) is 30.3 Å². The molecule has 40 heavy (non-hydrogen) atoms. The van der Waals surface area contributed by atoms with Crippen molar-refractivity contribution >= 4 is 23.9 Å². The first-order valence-corrected chi connectivity index (χ1v) is 14.3. The van der Waals surface area contributed by atoms with Crippen LogP contribution in [0.4, 0.5) is 4.79 Å². The van der Waals surface area contributed by atoms with Gasteiger partial charge in [0.25, 0.3) is 0 Å². The number of hydrogen-bond acceptors (Lipinski definition) is 6. The Morgan fingerprint density at radius 1 is 0.800 bits per heavy atom. The monoisotopic (exact) mass is 561 g/mol. The van der Waals surface area contributed by atoms with Crippen LogP contribution in [-0.4, -0.2) is 59.6 Å². The van der Waals surface area contributed by atoms with Gasteiger partial charge in [-0.1, -0.05) is 71.9 Å². The van der Waals surface area contributed by atoms with E-state index in [1.54, 1.807) is 27.8 Å². The van der Waals surface area contributed by atoms with Crippen LogP contribution in [-0.2, 0) is 30.5 Å². The van der Waals surface area contributed by atoms with E-state index >= 15 is 0 Å². The molecule has 0 radical (unpaired) electrons. The van der Waals surface area contributed by atoms with Gasteiger partial charge in [0.2, 0.25) is 11.8 Å². The second-order valence-corrected chi connectivity index (χ2v) is 12.7. The molecule has 0 aliphatic carbocycles. The summed E-state index contributed by atoms with van der Waals surface area (Å²) in [5.41, 5.74) is 0.129. The van der Waals surface area contributed by atoms with Crippen LogP contribution >= 0.6 is 0 Å². The Kier molecular flexibility index (Phi) is 14.2. The predicted molar refractivity (Wildman–Crippen MR) is 156 cm³/mol. The van der Waals surface area contributed by atoms with Crippen LogP contribution in [0.2, 0.25) is 0 Å². The van der Waals surface area contributed by atoms with Crippen molar-refractivity contribution < 1.29 is 28.7 Å². The van der Waals surface area contributed by atoms with Gasteiger partial charge in [-0.05, 0) is 63.4 Å². The number of esters is 1. The average Bonchev–Trinajstić information content (AvgIpc) is 2.82. The number of ether oxygens (including phenoxy) is 2. The van der Waals surface area contributed by atoms with E-state index in [1.165, 1.54) is 4.90 Å². The topological polar surface area (TPSA) is 114 Å². The molecule has 1 aromatic carbocycles. The fourth-order valence-corrected chi connectivity index (χ4v) is 4.21. The summed E-state index contributed by atoms with van der Waals surface area (Å²) in [4.78, 5) is 54.2. The Bertz CT molecular complexity index is 956. The van der Waals surface area contributed by atoms with Crippen molar-refractivity contribution in [1.29, 1.82) is 0 Å². The molecule has 9 heteroatoms. The van der Waals surface area contributed by atoms with Gasteiger partial charge in [0.15, 0.2) is 0 Å². The van der Waals surface area contributed by atoms with Crippen LogP contribution in [0.3, 0.4) is 0 Å². The summed E-state index contributed by atoms with van der Waals surface area (Å²) >= 11 is 0. The van der Waals surface area contributed by atoms with Gasteiger partial charge >= 0.3 is 12.1 Å². The number of amides is 3. The predicted octanol–water partition coefficient (Wildman–Crippen LogP) is 5.07. The molecular formula is C31H51N3O6. The Morgan fingerprint density at radius 2 is 1.32 bits per heavy atom. The molecule has 0 saturated heterocycles. The minimum atomic E-state index is -0.871. The Morgan fingerprint density at radius 3 is 1.82 bits per heavy atom. The minimum absolute atomic E-state index is 0.0851. The molecule has 0 spiro atoms. The van der Waals surface area contributed by atoms with Crippen molar-refractivity contribution in [1.82, 2.24) is 15.5 Å². The highest BCUT2D eigenvalue weighted by Gasteiger charge is 2.35. The summed E-state index contributed by atoms with van der Waals surface area (Å²) in [7, 11) is 1.56. The number of nitrogens with zero attached hydrogens (tertiary/aromatic N) is 1. The van der Waals surface area contributed by atoms with Gasteiger partial charge < -0.3 is 25.0 Å². The highest BCUT2D eigenvalue weighted by molar-refractivity contribution is 5.93. The van der Waals surface area contributed by atoms with Gasteiger partial charge in [-0.2, -0.15) is 0 Å². The average molecular weight is 562 g/mol. The fraction of sp³-hybridized carbons (Fsp3) is 0.677. The van der Waals surface area contributed by atoms with Crippen LogP contribution < -0.4 is 10.6 Å². The lowest BCUT2D eigenvalue weighted by atomic mass is 9.98. The molecule has 2 N–H and O–H groups in total. The molecule has 1 aromatic rings. The molecule has 0 heterocycles. The van der Waals surface area contributed by atoms with E-state index in [4.69, 9.17) is 9.47 Å². The Labute approximate surface area is 240 Å². The summed E-state index contributed by atoms with van der Waals surface area (Å²) < 4.78 is 10.9. The molecule has 0 aromatic heterocycles. The zero-order valence-electron chi connectivity index (χ0n) is 26.1. The Balaban J connectivity index is 3.11.